The van der Waals surface area contributed by atoms with Gasteiger partial charge < -0.3 is 11.1 Å². The van der Waals surface area contributed by atoms with Crippen LogP contribution < -0.4 is 11.1 Å². The molecule has 1 aromatic heterocycles. The van der Waals surface area contributed by atoms with Gasteiger partial charge in [0.05, 0.1) is 5.69 Å². The molecule has 20 heavy (non-hydrogen) atoms. The summed E-state index contributed by atoms with van der Waals surface area (Å²) in [6, 6.07) is 8.49. The Kier molecular flexibility index (Phi) is 4.11. The summed E-state index contributed by atoms with van der Waals surface area (Å²) >= 11 is 0. The highest BCUT2D eigenvalue weighted by atomic mass is 19.1. The molecule has 0 saturated heterocycles. The molecule has 2 rings (SSSR count). The molecule has 0 radical (unpaired) electrons. The molecule has 0 aliphatic heterocycles. The molecule has 4 nitrogen and oxygen atoms in total. The quantitative estimate of drug-likeness (QED) is 0.898. The zero-order valence-corrected chi connectivity index (χ0v) is 10.5. The first-order valence-corrected chi connectivity index (χ1v) is 5.94. The average molecular weight is 274 g/mol. The number of hydrogen-bond donors (Lipinski definition) is 2. The second-order valence-corrected chi connectivity index (χ2v) is 4.20. The summed E-state index contributed by atoms with van der Waals surface area (Å²) in [5.74, 6) is -0.706. The number of nitriles is 1. The Labute approximate surface area is 114 Å². The molecule has 0 bridgehead atoms. The predicted octanol–water partition coefficient (Wildman–Crippen LogP) is 2.47. The first kappa shape index (κ1) is 13.7. The van der Waals surface area contributed by atoms with E-state index in [9.17, 15) is 8.78 Å². The van der Waals surface area contributed by atoms with Crippen LogP contribution in [0, 0.1) is 23.0 Å². The van der Waals surface area contributed by atoms with E-state index in [1.807, 2.05) is 6.07 Å². The number of aromatic nitrogens is 1. The van der Waals surface area contributed by atoms with Crippen LogP contribution in [0.2, 0.25) is 0 Å². The number of hydrogen-bond acceptors (Lipinski definition) is 4. The number of benzene rings is 1. The molecule has 102 valence electrons. The van der Waals surface area contributed by atoms with Crippen molar-refractivity contribution in [2.24, 2.45) is 0 Å². The number of nitrogens with zero attached hydrogens (tertiary/aromatic N) is 2. The Bertz CT molecular complexity index is 644. The van der Waals surface area contributed by atoms with Crippen LogP contribution in [0.15, 0.2) is 30.3 Å². The molecule has 0 unspecified atom stereocenters. The molecule has 0 saturated carbocycles. The van der Waals surface area contributed by atoms with Gasteiger partial charge in [-0.15, -0.1) is 0 Å². The van der Waals surface area contributed by atoms with Crippen LogP contribution in [0.5, 0.6) is 0 Å². The van der Waals surface area contributed by atoms with Crippen molar-refractivity contribution in [3.63, 3.8) is 0 Å². The van der Waals surface area contributed by atoms with Crippen LogP contribution in [-0.2, 0) is 6.42 Å². The minimum atomic E-state index is -0.600. The minimum Gasteiger partial charge on any atom is -0.396 e. The van der Waals surface area contributed by atoms with Crippen LogP contribution in [0.25, 0.3) is 0 Å². The Balaban J connectivity index is 1.98. The largest absolute Gasteiger partial charge is 0.396 e. The van der Waals surface area contributed by atoms with Crippen molar-refractivity contribution >= 4 is 11.5 Å². The standard InChI is InChI=1S/C14H12F2N4/c15-10-5-9(6-11(16)7-10)3-4-19-14-2-1-12(18)13(8-17)20-14/h1-2,5-7H,3-4,18H2,(H,19,20). The molecule has 1 heterocycles. The zero-order valence-electron chi connectivity index (χ0n) is 10.5. The highest BCUT2D eigenvalue weighted by Crippen LogP contribution is 2.13. The zero-order chi connectivity index (χ0) is 14.5. The van der Waals surface area contributed by atoms with E-state index in [1.165, 1.54) is 12.1 Å². The lowest BCUT2D eigenvalue weighted by atomic mass is 10.1. The Morgan fingerprint density at radius 3 is 2.55 bits per heavy atom. The van der Waals surface area contributed by atoms with Gasteiger partial charge in [-0.2, -0.15) is 5.26 Å². The van der Waals surface area contributed by atoms with Gasteiger partial charge in [0.1, 0.15) is 23.5 Å². The van der Waals surface area contributed by atoms with Gasteiger partial charge >= 0.3 is 0 Å². The number of anilines is 2. The number of nitrogens with one attached hydrogen (secondary N) is 1. The fourth-order valence-electron chi connectivity index (χ4n) is 1.75. The second-order valence-electron chi connectivity index (χ2n) is 4.20. The Morgan fingerprint density at radius 1 is 1.20 bits per heavy atom. The summed E-state index contributed by atoms with van der Waals surface area (Å²) in [6.45, 7) is 0.435. The molecule has 2 aromatic rings. The smallest absolute Gasteiger partial charge is 0.165 e. The SMILES string of the molecule is N#Cc1nc(NCCc2cc(F)cc(F)c2)ccc1N. The van der Waals surface area contributed by atoms with Crippen molar-refractivity contribution < 1.29 is 8.78 Å². The van der Waals surface area contributed by atoms with Crippen LogP contribution in [0.1, 0.15) is 11.3 Å². The summed E-state index contributed by atoms with van der Waals surface area (Å²) in [5.41, 5.74) is 6.56. The number of nitrogen functional groups attached to an aromatic ring is 1. The molecule has 0 spiro atoms. The van der Waals surface area contributed by atoms with Gasteiger partial charge in [0.15, 0.2) is 5.69 Å². The van der Waals surface area contributed by atoms with E-state index in [0.29, 0.717) is 30.0 Å². The van der Waals surface area contributed by atoms with E-state index >= 15 is 0 Å². The average Bonchev–Trinajstić information content (AvgIpc) is 2.39. The van der Waals surface area contributed by atoms with Gasteiger partial charge in [0, 0.05) is 12.6 Å². The van der Waals surface area contributed by atoms with Crippen LogP contribution in [0.4, 0.5) is 20.3 Å². The Morgan fingerprint density at radius 2 is 1.90 bits per heavy atom. The van der Waals surface area contributed by atoms with Crippen molar-refractivity contribution in [1.29, 1.82) is 5.26 Å². The van der Waals surface area contributed by atoms with Gasteiger partial charge in [-0.1, -0.05) is 0 Å². The molecule has 0 amide bonds. The lowest BCUT2D eigenvalue weighted by Gasteiger charge is -2.07. The van der Waals surface area contributed by atoms with Crippen LogP contribution in [0.3, 0.4) is 0 Å². The monoisotopic (exact) mass is 274 g/mol. The number of pyridine rings is 1. The van der Waals surface area contributed by atoms with Crippen molar-refractivity contribution in [2.75, 3.05) is 17.6 Å². The van der Waals surface area contributed by atoms with Crippen LogP contribution in [-0.4, -0.2) is 11.5 Å². The summed E-state index contributed by atoms with van der Waals surface area (Å²) in [7, 11) is 0. The minimum absolute atomic E-state index is 0.145. The highest BCUT2D eigenvalue weighted by molar-refractivity contribution is 5.54. The van der Waals surface area contributed by atoms with Crippen molar-refractivity contribution in [1.82, 2.24) is 4.98 Å². The van der Waals surface area contributed by atoms with Crippen LogP contribution >= 0.6 is 0 Å². The first-order valence-electron chi connectivity index (χ1n) is 5.94. The topological polar surface area (TPSA) is 74.7 Å². The third kappa shape index (κ3) is 3.42. The fraction of sp³-hybridized carbons (Fsp3) is 0.143. The van der Waals surface area contributed by atoms with E-state index in [0.717, 1.165) is 6.07 Å². The van der Waals surface area contributed by atoms with Gasteiger partial charge in [-0.3, -0.25) is 0 Å². The third-order valence-corrected chi connectivity index (χ3v) is 2.67. The lowest BCUT2D eigenvalue weighted by Crippen LogP contribution is -2.08. The van der Waals surface area contributed by atoms with E-state index < -0.39 is 11.6 Å². The lowest BCUT2D eigenvalue weighted by molar-refractivity contribution is 0.580. The molecule has 0 aliphatic rings. The Hall–Kier alpha value is -2.68. The molecular formula is C14H12F2N4. The van der Waals surface area contributed by atoms with Gasteiger partial charge in [0.25, 0.3) is 0 Å². The summed E-state index contributed by atoms with van der Waals surface area (Å²) in [5, 5.41) is 11.8. The second kappa shape index (κ2) is 5.97. The maximum atomic E-state index is 13.0. The van der Waals surface area contributed by atoms with Crippen molar-refractivity contribution in [2.45, 2.75) is 6.42 Å². The molecule has 6 heteroatoms. The van der Waals surface area contributed by atoms with E-state index in [2.05, 4.69) is 10.3 Å². The normalized spacial score (nSPS) is 10.1. The first-order chi connectivity index (χ1) is 9.58. The van der Waals surface area contributed by atoms with Gasteiger partial charge in [-0.25, -0.2) is 13.8 Å². The maximum Gasteiger partial charge on any atom is 0.165 e. The van der Waals surface area contributed by atoms with Crippen molar-refractivity contribution in [3.8, 4) is 6.07 Å². The highest BCUT2D eigenvalue weighted by Gasteiger charge is 2.03. The summed E-state index contributed by atoms with van der Waals surface area (Å²) in [6.07, 6.45) is 0.433. The predicted molar refractivity (Wildman–Crippen MR) is 71.9 cm³/mol. The number of rotatable bonds is 4. The van der Waals surface area contributed by atoms with E-state index in [4.69, 9.17) is 11.0 Å². The van der Waals surface area contributed by atoms with E-state index in [-0.39, 0.29) is 5.69 Å². The molecular weight excluding hydrogens is 262 g/mol. The molecule has 1 aromatic carbocycles. The molecule has 0 aliphatic carbocycles. The van der Waals surface area contributed by atoms with Gasteiger partial charge in [0.2, 0.25) is 0 Å². The number of halogens is 2. The molecule has 0 fully saturated rings. The van der Waals surface area contributed by atoms with E-state index in [1.54, 1.807) is 12.1 Å². The number of nitrogens with two attached hydrogens (primary N) is 1. The third-order valence-electron chi connectivity index (χ3n) is 2.67. The fourth-order valence-corrected chi connectivity index (χ4v) is 1.75. The van der Waals surface area contributed by atoms with Gasteiger partial charge in [-0.05, 0) is 36.2 Å². The maximum absolute atomic E-state index is 13.0. The summed E-state index contributed by atoms with van der Waals surface area (Å²) < 4.78 is 26.0. The summed E-state index contributed by atoms with van der Waals surface area (Å²) in [4.78, 5) is 4.01. The molecule has 0 atom stereocenters. The van der Waals surface area contributed by atoms with Crippen molar-refractivity contribution in [3.05, 3.63) is 53.2 Å². The molecule has 3 N–H and O–H groups in total.